The molecule has 0 atom stereocenters. The average Bonchev–Trinajstić information content (AvgIpc) is 2.64. The summed E-state index contributed by atoms with van der Waals surface area (Å²) in [6, 6.07) is 7.84. The molecule has 0 spiro atoms. The molecule has 0 saturated carbocycles. The summed E-state index contributed by atoms with van der Waals surface area (Å²) in [7, 11) is 0. The molecule has 0 bridgehead atoms. The highest BCUT2D eigenvalue weighted by molar-refractivity contribution is 7.98. The van der Waals surface area contributed by atoms with Gasteiger partial charge in [0.2, 0.25) is 0 Å². The maximum absolute atomic E-state index is 12.4. The van der Waals surface area contributed by atoms with E-state index in [4.69, 9.17) is 0 Å². The number of nitrogens with one attached hydrogen (secondary N) is 1. The molecule has 2 heterocycles. The molecular formula is C18H23N5OS. The van der Waals surface area contributed by atoms with E-state index in [-0.39, 0.29) is 6.03 Å². The van der Waals surface area contributed by atoms with Crippen molar-refractivity contribution in [3.8, 4) is 0 Å². The molecule has 0 radical (unpaired) electrons. The SMILES string of the molecule is CSc1ccc(NC(=O)N2CCN(c3nc(C)cnc3C)CC2)cc1. The van der Waals surface area contributed by atoms with Gasteiger partial charge in [-0.05, 0) is 44.4 Å². The molecule has 3 rings (SSSR count). The van der Waals surface area contributed by atoms with E-state index >= 15 is 0 Å². The summed E-state index contributed by atoms with van der Waals surface area (Å²) in [6.07, 6.45) is 3.82. The van der Waals surface area contributed by atoms with Crippen LogP contribution in [0.5, 0.6) is 0 Å². The molecule has 1 aliphatic heterocycles. The topological polar surface area (TPSA) is 61.4 Å². The monoisotopic (exact) mass is 357 g/mol. The molecule has 2 aromatic rings. The van der Waals surface area contributed by atoms with E-state index < -0.39 is 0 Å². The van der Waals surface area contributed by atoms with Crippen molar-refractivity contribution in [2.45, 2.75) is 18.7 Å². The van der Waals surface area contributed by atoms with Crippen LogP contribution in [0, 0.1) is 13.8 Å². The molecule has 0 unspecified atom stereocenters. The van der Waals surface area contributed by atoms with E-state index in [9.17, 15) is 4.79 Å². The third-order valence-electron chi connectivity index (χ3n) is 4.26. The van der Waals surface area contributed by atoms with Crippen LogP contribution in [-0.2, 0) is 0 Å². The number of aromatic nitrogens is 2. The van der Waals surface area contributed by atoms with Gasteiger partial charge in [-0.25, -0.2) is 9.78 Å². The minimum Gasteiger partial charge on any atom is -0.352 e. The Labute approximate surface area is 152 Å². The number of benzene rings is 1. The van der Waals surface area contributed by atoms with E-state index in [1.54, 1.807) is 18.0 Å². The molecule has 1 aromatic heterocycles. The van der Waals surface area contributed by atoms with E-state index in [0.717, 1.165) is 36.0 Å². The van der Waals surface area contributed by atoms with Crippen LogP contribution in [0.3, 0.4) is 0 Å². The molecule has 0 aliphatic carbocycles. The lowest BCUT2D eigenvalue weighted by atomic mass is 10.3. The maximum atomic E-state index is 12.4. The molecule has 1 saturated heterocycles. The lowest BCUT2D eigenvalue weighted by Crippen LogP contribution is -2.50. The molecule has 6 nitrogen and oxygen atoms in total. The van der Waals surface area contributed by atoms with Crippen LogP contribution in [0.15, 0.2) is 35.4 Å². The van der Waals surface area contributed by atoms with Crippen molar-refractivity contribution in [3.05, 3.63) is 41.9 Å². The highest BCUT2D eigenvalue weighted by Gasteiger charge is 2.23. The summed E-state index contributed by atoms with van der Waals surface area (Å²) in [5.41, 5.74) is 2.66. The fraction of sp³-hybridized carbons (Fsp3) is 0.389. The first-order valence-corrected chi connectivity index (χ1v) is 9.54. The third-order valence-corrected chi connectivity index (χ3v) is 5.00. The molecule has 132 valence electrons. The molecule has 2 amide bonds. The van der Waals surface area contributed by atoms with E-state index in [1.165, 1.54) is 4.90 Å². The molecule has 7 heteroatoms. The zero-order valence-corrected chi connectivity index (χ0v) is 15.6. The second-order valence-corrected chi connectivity index (χ2v) is 6.93. The number of rotatable bonds is 3. The Morgan fingerprint density at radius 2 is 1.80 bits per heavy atom. The number of carbonyl (C=O) groups excluding carboxylic acids is 1. The van der Waals surface area contributed by atoms with Crippen molar-refractivity contribution < 1.29 is 4.79 Å². The van der Waals surface area contributed by atoms with Gasteiger partial charge in [-0.3, -0.25) is 4.98 Å². The van der Waals surface area contributed by atoms with Crippen LogP contribution in [0.25, 0.3) is 0 Å². The zero-order chi connectivity index (χ0) is 17.8. The van der Waals surface area contributed by atoms with E-state index in [0.29, 0.717) is 13.1 Å². The van der Waals surface area contributed by atoms with Crippen molar-refractivity contribution in [2.75, 3.05) is 42.7 Å². The smallest absolute Gasteiger partial charge is 0.321 e. The second-order valence-electron chi connectivity index (χ2n) is 6.05. The number of amides is 2. The molecular weight excluding hydrogens is 334 g/mol. The highest BCUT2D eigenvalue weighted by Crippen LogP contribution is 2.19. The largest absolute Gasteiger partial charge is 0.352 e. The van der Waals surface area contributed by atoms with Gasteiger partial charge in [-0.15, -0.1) is 11.8 Å². The van der Waals surface area contributed by atoms with Gasteiger partial charge in [-0.1, -0.05) is 0 Å². The first-order valence-electron chi connectivity index (χ1n) is 8.32. The standard InChI is InChI=1S/C18H23N5OS/c1-13-12-19-14(2)17(20-13)22-8-10-23(11-9-22)18(24)21-15-4-6-16(25-3)7-5-15/h4-7,12H,8-11H2,1-3H3,(H,21,24). The number of anilines is 2. The Balaban J connectivity index is 1.57. The third kappa shape index (κ3) is 4.22. The van der Waals surface area contributed by atoms with Crippen LogP contribution < -0.4 is 10.2 Å². The predicted octanol–water partition coefficient (Wildman–Crippen LogP) is 3.17. The summed E-state index contributed by atoms with van der Waals surface area (Å²) < 4.78 is 0. The van der Waals surface area contributed by atoms with Gasteiger partial charge in [0.1, 0.15) is 5.82 Å². The van der Waals surface area contributed by atoms with Gasteiger partial charge in [0.25, 0.3) is 0 Å². The number of nitrogens with zero attached hydrogens (tertiary/aromatic N) is 4. The fourth-order valence-electron chi connectivity index (χ4n) is 2.82. The number of thioether (sulfide) groups is 1. The lowest BCUT2D eigenvalue weighted by Gasteiger charge is -2.35. The normalized spacial score (nSPS) is 14.5. The second kappa shape index (κ2) is 7.74. The highest BCUT2D eigenvalue weighted by atomic mass is 32.2. The molecule has 25 heavy (non-hydrogen) atoms. The summed E-state index contributed by atoms with van der Waals surface area (Å²) in [5.74, 6) is 0.924. The first kappa shape index (κ1) is 17.5. The van der Waals surface area contributed by atoms with Gasteiger partial charge in [0.15, 0.2) is 0 Å². The zero-order valence-electron chi connectivity index (χ0n) is 14.8. The van der Waals surface area contributed by atoms with Crippen LogP contribution in [0.4, 0.5) is 16.3 Å². The van der Waals surface area contributed by atoms with Crippen molar-refractivity contribution in [3.63, 3.8) is 0 Å². The number of carbonyl (C=O) groups is 1. The fourth-order valence-corrected chi connectivity index (χ4v) is 3.23. The van der Waals surface area contributed by atoms with Crippen molar-refractivity contribution in [2.24, 2.45) is 0 Å². The summed E-state index contributed by atoms with van der Waals surface area (Å²) in [4.78, 5) is 26.6. The van der Waals surface area contributed by atoms with E-state index in [2.05, 4.69) is 20.2 Å². The van der Waals surface area contributed by atoms with Gasteiger partial charge in [0.05, 0.1) is 11.4 Å². The van der Waals surface area contributed by atoms with Gasteiger partial charge in [0, 0.05) is 43.0 Å². The Morgan fingerprint density at radius 1 is 1.12 bits per heavy atom. The number of hydrogen-bond acceptors (Lipinski definition) is 5. The predicted molar refractivity (Wildman–Crippen MR) is 103 cm³/mol. The summed E-state index contributed by atoms with van der Waals surface area (Å²) >= 11 is 1.69. The lowest BCUT2D eigenvalue weighted by molar-refractivity contribution is 0.208. The van der Waals surface area contributed by atoms with E-state index in [1.807, 2.05) is 49.3 Å². The van der Waals surface area contributed by atoms with Gasteiger partial charge < -0.3 is 15.1 Å². The van der Waals surface area contributed by atoms with Crippen LogP contribution in [-0.4, -0.2) is 53.3 Å². The number of urea groups is 1. The van der Waals surface area contributed by atoms with Crippen LogP contribution >= 0.6 is 11.8 Å². The molecule has 1 aromatic carbocycles. The Hall–Kier alpha value is -2.28. The van der Waals surface area contributed by atoms with Crippen LogP contribution in [0.1, 0.15) is 11.4 Å². The molecule has 1 aliphatic rings. The average molecular weight is 357 g/mol. The Morgan fingerprint density at radius 3 is 2.44 bits per heavy atom. The molecule has 1 N–H and O–H groups in total. The van der Waals surface area contributed by atoms with Crippen molar-refractivity contribution in [1.82, 2.24) is 14.9 Å². The minimum absolute atomic E-state index is 0.0522. The summed E-state index contributed by atoms with van der Waals surface area (Å²) in [5, 5.41) is 2.97. The Bertz CT molecular complexity index is 742. The Kier molecular flexibility index (Phi) is 5.43. The minimum atomic E-state index is -0.0522. The van der Waals surface area contributed by atoms with Crippen molar-refractivity contribution >= 4 is 29.3 Å². The first-order chi connectivity index (χ1) is 12.1. The van der Waals surface area contributed by atoms with Crippen LogP contribution in [0.2, 0.25) is 0 Å². The number of hydrogen-bond donors (Lipinski definition) is 1. The maximum Gasteiger partial charge on any atom is 0.321 e. The number of aryl methyl sites for hydroxylation is 2. The van der Waals surface area contributed by atoms with Gasteiger partial charge >= 0.3 is 6.03 Å². The van der Waals surface area contributed by atoms with Crippen molar-refractivity contribution in [1.29, 1.82) is 0 Å². The number of piperazine rings is 1. The molecule has 1 fully saturated rings. The quantitative estimate of drug-likeness (QED) is 0.855. The van der Waals surface area contributed by atoms with Gasteiger partial charge in [-0.2, -0.15) is 0 Å². The summed E-state index contributed by atoms with van der Waals surface area (Å²) in [6.45, 7) is 6.78.